The van der Waals surface area contributed by atoms with Gasteiger partial charge in [-0.3, -0.25) is 4.79 Å². The van der Waals surface area contributed by atoms with Crippen molar-refractivity contribution in [2.24, 2.45) is 0 Å². The van der Waals surface area contributed by atoms with Crippen LogP contribution in [0, 0.1) is 0 Å². The lowest BCUT2D eigenvalue weighted by Gasteiger charge is -2.27. The number of nitrogens with one attached hydrogen (secondary N) is 1. The molecule has 5 heteroatoms. The summed E-state index contributed by atoms with van der Waals surface area (Å²) in [5.74, 6) is 0.824. The number of aliphatic hydroxyl groups is 1. The van der Waals surface area contributed by atoms with Gasteiger partial charge in [-0.15, -0.1) is 0 Å². The molecule has 0 aromatic heterocycles. The molecule has 0 spiro atoms. The molecule has 2 N–H and O–H groups in total. The fourth-order valence-electron chi connectivity index (χ4n) is 1.31. The van der Waals surface area contributed by atoms with Crippen molar-refractivity contribution in [3.8, 4) is 0 Å². The average Bonchev–Trinajstić information content (AvgIpc) is 2.09. The molecule has 1 amide bonds. The molecule has 0 saturated heterocycles. The second-order valence-electron chi connectivity index (χ2n) is 4.25. The van der Waals surface area contributed by atoms with Crippen LogP contribution in [0.3, 0.4) is 0 Å². The van der Waals surface area contributed by atoms with Gasteiger partial charge in [0.05, 0.1) is 5.60 Å². The zero-order valence-corrected chi connectivity index (χ0v) is 10.9. The van der Waals surface area contributed by atoms with Gasteiger partial charge in [0.1, 0.15) is 0 Å². The van der Waals surface area contributed by atoms with E-state index in [4.69, 9.17) is 0 Å². The van der Waals surface area contributed by atoms with Crippen LogP contribution in [0.1, 0.15) is 13.3 Å². The summed E-state index contributed by atoms with van der Waals surface area (Å²) in [6.07, 6.45) is 2.48. The van der Waals surface area contributed by atoms with Crippen molar-refractivity contribution in [1.29, 1.82) is 0 Å². The van der Waals surface area contributed by atoms with E-state index >= 15 is 0 Å². The molecule has 15 heavy (non-hydrogen) atoms. The fourth-order valence-corrected chi connectivity index (χ4v) is 1.70. The molecule has 0 aliphatic rings. The summed E-state index contributed by atoms with van der Waals surface area (Å²) >= 11 is 1.64. The predicted octanol–water partition coefficient (Wildman–Crippen LogP) is 0.168. The van der Waals surface area contributed by atoms with Crippen molar-refractivity contribution in [3.63, 3.8) is 0 Å². The highest BCUT2D eigenvalue weighted by atomic mass is 32.2. The highest BCUT2D eigenvalue weighted by molar-refractivity contribution is 7.98. The van der Waals surface area contributed by atoms with Gasteiger partial charge < -0.3 is 15.3 Å². The number of amides is 1. The van der Waals surface area contributed by atoms with Crippen LogP contribution in [0.4, 0.5) is 0 Å². The van der Waals surface area contributed by atoms with E-state index in [1.165, 1.54) is 0 Å². The van der Waals surface area contributed by atoms with E-state index in [9.17, 15) is 9.90 Å². The highest BCUT2D eigenvalue weighted by Gasteiger charge is 2.21. The normalized spacial score (nSPS) is 15.1. The minimum atomic E-state index is -0.863. The van der Waals surface area contributed by atoms with Gasteiger partial charge in [-0.2, -0.15) is 11.8 Å². The maximum Gasteiger partial charge on any atom is 0.220 e. The summed E-state index contributed by atoms with van der Waals surface area (Å²) in [5, 5.41) is 12.6. The third-order valence-corrected chi connectivity index (χ3v) is 2.47. The van der Waals surface area contributed by atoms with E-state index in [0.29, 0.717) is 19.5 Å². The number of hydrogen-bond donors (Lipinski definition) is 2. The average molecular weight is 234 g/mol. The Balaban J connectivity index is 3.77. The van der Waals surface area contributed by atoms with Crippen molar-refractivity contribution in [2.45, 2.75) is 18.9 Å². The Hall–Kier alpha value is -0.260. The SMILES string of the molecule is CSCCC(=O)NCC(C)(O)CN(C)C. The highest BCUT2D eigenvalue weighted by Crippen LogP contribution is 2.03. The number of rotatable bonds is 7. The first-order chi connectivity index (χ1) is 6.87. The predicted molar refractivity (Wildman–Crippen MR) is 65.2 cm³/mol. The second-order valence-corrected chi connectivity index (χ2v) is 5.24. The monoisotopic (exact) mass is 234 g/mol. The molecular formula is C10H22N2O2S. The topological polar surface area (TPSA) is 52.6 Å². The molecule has 1 atom stereocenters. The minimum absolute atomic E-state index is 0.00313. The van der Waals surface area contributed by atoms with Crippen LogP contribution in [-0.4, -0.2) is 60.7 Å². The Morgan fingerprint density at radius 1 is 1.53 bits per heavy atom. The second kappa shape index (κ2) is 7.09. The van der Waals surface area contributed by atoms with Crippen molar-refractivity contribution >= 4 is 17.7 Å². The van der Waals surface area contributed by atoms with Crippen LogP contribution in [-0.2, 0) is 4.79 Å². The number of likely N-dealkylation sites (N-methyl/N-ethyl adjacent to an activating group) is 1. The third-order valence-electron chi connectivity index (χ3n) is 1.86. The molecule has 90 valence electrons. The van der Waals surface area contributed by atoms with Crippen LogP contribution in [0.2, 0.25) is 0 Å². The van der Waals surface area contributed by atoms with Gasteiger partial charge in [0.2, 0.25) is 5.91 Å². The van der Waals surface area contributed by atoms with Crippen molar-refractivity contribution in [3.05, 3.63) is 0 Å². The van der Waals surface area contributed by atoms with Gasteiger partial charge in [0.25, 0.3) is 0 Å². The lowest BCUT2D eigenvalue weighted by atomic mass is 10.1. The lowest BCUT2D eigenvalue weighted by molar-refractivity contribution is -0.121. The molecule has 0 fully saturated rings. The summed E-state index contributed by atoms with van der Waals surface area (Å²) in [5.41, 5.74) is -0.863. The van der Waals surface area contributed by atoms with E-state index < -0.39 is 5.60 Å². The smallest absolute Gasteiger partial charge is 0.220 e. The number of thioether (sulfide) groups is 1. The molecule has 0 bridgehead atoms. The van der Waals surface area contributed by atoms with Gasteiger partial charge in [0, 0.05) is 25.3 Å². The summed E-state index contributed by atoms with van der Waals surface area (Å²) < 4.78 is 0. The maximum absolute atomic E-state index is 11.3. The Bertz CT molecular complexity index is 196. The van der Waals surface area contributed by atoms with Gasteiger partial charge in [-0.1, -0.05) is 0 Å². The Morgan fingerprint density at radius 2 is 2.13 bits per heavy atom. The van der Waals surface area contributed by atoms with Gasteiger partial charge in [-0.25, -0.2) is 0 Å². The molecule has 0 aliphatic heterocycles. The maximum atomic E-state index is 11.3. The zero-order valence-electron chi connectivity index (χ0n) is 10.0. The molecule has 0 aromatic rings. The summed E-state index contributed by atoms with van der Waals surface area (Å²) in [7, 11) is 3.79. The first-order valence-electron chi connectivity index (χ1n) is 5.00. The van der Waals surface area contributed by atoms with Crippen LogP contribution in [0.25, 0.3) is 0 Å². The van der Waals surface area contributed by atoms with E-state index in [1.807, 2.05) is 25.3 Å². The first kappa shape index (κ1) is 14.7. The van der Waals surface area contributed by atoms with E-state index in [-0.39, 0.29) is 5.91 Å². The Kier molecular flexibility index (Phi) is 6.96. The fraction of sp³-hybridized carbons (Fsp3) is 0.900. The molecule has 0 heterocycles. The van der Waals surface area contributed by atoms with Crippen LogP contribution in [0.15, 0.2) is 0 Å². The van der Waals surface area contributed by atoms with Crippen LogP contribution in [0.5, 0.6) is 0 Å². The summed E-state index contributed by atoms with van der Waals surface area (Å²) in [6, 6.07) is 0. The number of carbonyl (C=O) groups excluding carboxylic acids is 1. The van der Waals surface area contributed by atoms with Gasteiger partial charge >= 0.3 is 0 Å². The summed E-state index contributed by atoms with van der Waals surface area (Å²) in [4.78, 5) is 13.2. The molecule has 0 saturated carbocycles. The Labute approximate surface area is 96.4 Å². The number of hydrogen-bond acceptors (Lipinski definition) is 4. The van der Waals surface area contributed by atoms with Crippen LogP contribution < -0.4 is 5.32 Å². The minimum Gasteiger partial charge on any atom is -0.387 e. The third kappa shape index (κ3) is 8.72. The van der Waals surface area contributed by atoms with Gasteiger partial charge in [0.15, 0.2) is 0 Å². The molecule has 4 nitrogen and oxygen atoms in total. The molecule has 1 unspecified atom stereocenters. The quantitative estimate of drug-likeness (QED) is 0.659. The molecule has 0 aliphatic carbocycles. The number of nitrogens with zero attached hydrogens (tertiary/aromatic N) is 1. The van der Waals surface area contributed by atoms with Crippen LogP contribution >= 0.6 is 11.8 Å². The van der Waals surface area contributed by atoms with E-state index in [0.717, 1.165) is 5.75 Å². The summed E-state index contributed by atoms with van der Waals surface area (Å²) in [6.45, 7) is 2.57. The molecular weight excluding hydrogens is 212 g/mol. The zero-order chi connectivity index (χ0) is 11.9. The van der Waals surface area contributed by atoms with E-state index in [2.05, 4.69) is 5.32 Å². The number of carbonyl (C=O) groups is 1. The molecule has 0 rings (SSSR count). The largest absolute Gasteiger partial charge is 0.387 e. The standard InChI is InChI=1S/C10H22N2O2S/c1-10(14,8-12(2)3)7-11-9(13)5-6-15-4/h14H,5-8H2,1-4H3,(H,11,13). The van der Waals surface area contributed by atoms with Crippen molar-refractivity contribution in [2.75, 3.05) is 39.2 Å². The van der Waals surface area contributed by atoms with Crippen molar-refractivity contribution in [1.82, 2.24) is 10.2 Å². The molecule has 0 aromatic carbocycles. The van der Waals surface area contributed by atoms with Crippen molar-refractivity contribution < 1.29 is 9.90 Å². The first-order valence-corrected chi connectivity index (χ1v) is 6.39. The Morgan fingerprint density at radius 3 is 2.60 bits per heavy atom. The van der Waals surface area contributed by atoms with Gasteiger partial charge in [-0.05, 0) is 27.3 Å². The lowest BCUT2D eigenvalue weighted by Crippen LogP contribution is -2.47. The van der Waals surface area contributed by atoms with E-state index in [1.54, 1.807) is 18.7 Å². The molecule has 0 radical (unpaired) electrons.